The summed E-state index contributed by atoms with van der Waals surface area (Å²) in [5.74, 6) is 0.100. The lowest BCUT2D eigenvalue weighted by atomic mass is 9.95. The van der Waals surface area contributed by atoms with Gasteiger partial charge in [-0.15, -0.1) is 0 Å². The number of rotatable bonds is 7. The molecular formula is C21H26IN3O. The average molecular weight is 463 g/mol. The summed E-state index contributed by atoms with van der Waals surface area (Å²) in [5.41, 5.74) is 3.05. The van der Waals surface area contributed by atoms with Gasteiger partial charge < -0.3 is 15.3 Å². The number of allylic oxidation sites excluding steroid dienone is 1. The molecule has 1 aromatic heterocycles. The van der Waals surface area contributed by atoms with E-state index < -0.39 is 6.10 Å². The van der Waals surface area contributed by atoms with Gasteiger partial charge in [0.25, 0.3) is 0 Å². The molecule has 0 radical (unpaired) electrons. The average Bonchev–Trinajstić information content (AvgIpc) is 2.64. The molecule has 0 saturated heterocycles. The quantitative estimate of drug-likeness (QED) is 0.598. The fourth-order valence-corrected chi connectivity index (χ4v) is 3.83. The van der Waals surface area contributed by atoms with Gasteiger partial charge in [-0.25, -0.2) is 0 Å². The molecule has 0 fully saturated rings. The number of hydrogen-bond acceptors (Lipinski definition) is 4. The maximum Gasteiger partial charge on any atom is 0.0800 e. The Hall–Kier alpha value is -1.44. The number of benzene rings is 1. The SMILES string of the molecule is CCCN(CC)CC1C=C(Nc2ccnc3cc(I)ccc23)C=CC1O. The Bertz CT molecular complexity index is 818. The van der Waals surface area contributed by atoms with Gasteiger partial charge in [0, 0.05) is 39.0 Å². The number of fused-ring (bicyclic) bond motifs is 1. The predicted octanol–water partition coefficient (Wildman–Crippen LogP) is 4.41. The highest BCUT2D eigenvalue weighted by atomic mass is 127. The van der Waals surface area contributed by atoms with Crippen LogP contribution in [-0.2, 0) is 0 Å². The zero-order valence-electron chi connectivity index (χ0n) is 15.3. The number of halogens is 1. The van der Waals surface area contributed by atoms with E-state index in [1.165, 1.54) is 3.57 Å². The van der Waals surface area contributed by atoms with Crippen LogP contribution in [0.4, 0.5) is 5.69 Å². The van der Waals surface area contributed by atoms with Gasteiger partial charge in [0.2, 0.25) is 0 Å². The van der Waals surface area contributed by atoms with Crippen LogP contribution in [0.5, 0.6) is 0 Å². The fraction of sp³-hybridized carbons (Fsp3) is 0.381. The number of aromatic nitrogens is 1. The van der Waals surface area contributed by atoms with Crippen LogP contribution in [0.15, 0.2) is 54.4 Å². The summed E-state index contributed by atoms with van der Waals surface area (Å²) in [6, 6.07) is 8.28. The number of hydrogen-bond donors (Lipinski definition) is 2. The smallest absolute Gasteiger partial charge is 0.0800 e. The summed E-state index contributed by atoms with van der Waals surface area (Å²) in [7, 11) is 0. The van der Waals surface area contributed by atoms with Gasteiger partial charge in [-0.05, 0) is 72.4 Å². The summed E-state index contributed by atoms with van der Waals surface area (Å²) in [6.45, 7) is 7.31. The molecule has 2 unspecified atom stereocenters. The van der Waals surface area contributed by atoms with E-state index in [4.69, 9.17) is 0 Å². The molecule has 5 heteroatoms. The van der Waals surface area contributed by atoms with Crippen molar-refractivity contribution in [2.24, 2.45) is 5.92 Å². The molecule has 1 aromatic carbocycles. The largest absolute Gasteiger partial charge is 0.388 e. The molecule has 26 heavy (non-hydrogen) atoms. The maximum atomic E-state index is 10.4. The second-order valence-corrected chi connectivity index (χ2v) is 7.92. The Balaban J connectivity index is 1.81. The molecule has 2 aromatic rings. The number of aliphatic hydroxyl groups is 1. The summed E-state index contributed by atoms with van der Waals surface area (Å²) >= 11 is 2.31. The first-order chi connectivity index (χ1) is 12.6. The van der Waals surface area contributed by atoms with E-state index in [-0.39, 0.29) is 5.92 Å². The number of pyridine rings is 1. The minimum Gasteiger partial charge on any atom is -0.388 e. The van der Waals surface area contributed by atoms with Gasteiger partial charge in [0.1, 0.15) is 0 Å². The van der Waals surface area contributed by atoms with Crippen LogP contribution in [0.2, 0.25) is 0 Å². The predicted molar refractivity (Wildman–Crippen MR) is 117 cm³/mol. The molecule has 1 aliphatic carbocycles. The molecule has 1 aliphatic rings. The molecule has 0 aliphatic heterocycles. The van der Waals surface area contributed by atoms with Crippen molar-refractivity contribution >= 4 is 39.2 Å². The van der Waals surface area contributed by atoms with E-state index in [1.807, 2.05) is 24.4 Å². The molecule has 0 amide bonds. The second kappa shape index (κ2) is 8.97. The van der Waals surface area contributed by atoms with Crippen molar-refractivity contribution in [1.82, 2.24) is 9.88 Å². The van der Waals surface area contributed by atoms with Crippen LogP contribution < -0.4 is 5.32 Å². The van der Waals surface area contributed by atoms with Crippen LogP contribution in [0.3, 0.4) is 0 Å². The zero-order valence-corrected chi connectivity index (χ0v) is 17.5. The van der Waals surface area contributed by atoms with Crippen molar-refractivity contribution in [3.8, 4) is 0 Å². The van der Waals surface area contributed by atoms with Crippen LogP contribution in [0.25, 0.3) is 10.9 Å². The zero-order chi connectivity index (χ0) is 18.5. The molecule has 1 heterocycles. The highest BCUT2D eigenvalue weighted by Crippen LogP contribution is 2.26. The summed E-state index contributed by atoms with van der Waals surface area (Å²) < 4.78 is 1.18. The van der Waals surface area contributed by atoms with E-state index in [9.17, 15) is 5.11 Å². The molecular weight excluding hydrogens is 437 g/mol. The number of anilines is 1. The number of aliphatic hydroxyl groups excluding tert-OH is 1. The third-order valence-electron chi connectivity index (χ3n) is 4.75. The van der Waals surface area contributed by atoms with Gasteiger partial charge in [-0.2, -0.15) is 0 Å². The van der Waals surface area contributed by atoms with Crippen molar-refractivity contribution < 1.29 is 5.11 Å². The first kappa shape index (κ1) is 19.3. The number of nitrogens with one attached hydrogen (secondary N) is 1. The van der Waals surface area contributed by atoms with Gasteiger partial charge in [0.15, 0.2) is 0 Å². The number of nitrogens with zero attached hydrogens (tertiary/aromatic N) is 2. The van der Waals surface area contributed by atoms with Crippen LogP contribution in [0.1, 0.15) is 20.3 Å². The minimum atomic E-state index is -0.429. The van der Waals surface area contributed by atoms with Crippen molar-refractivity contribution in [3.05, 3.63) is 58.0 Å². The molecule has 0 bridgehead atoms. The monoisotopic (exact) mass is 463 g/mol. The topological polar surface area (TPSA) is 48.4 Å². The van der Waals surface area contributed by atoms with E-state index >= 15 is 0 Å². The van der Waals surface area contributed by atoms with E-state index in [2.05, 4.69) is 75.9 Å². The maximum absolute atomic E-state index is 10.4. The van der Waals surface area contributed by atoms with E-state index in [1.54, 1.807) is 0 Å². The molecule has 0 spiro atoms. The minimum absolute atomic E-state index is 0.100. The lowest BCUT2D eigenvalue weighted by Crippen LogP contribution is -2.35. The Morgan fingerprint density at radius 3 is 2.88 bits per heavy atom. The fourth-order valence-electron chi connectivity index (χ4n) is 3.35. The Morgan fingerprint density at radius 2 is 2.12 bits per heavy atom. The van der Waals surface area contributed by atoms with Crippen molar-refractivity contribution in [2.75, 3.05) is 25.0 Å². The molecule has 4 nitrogen and oxygen atoms in total. The lowest BCUT2D eigenvalue weighted by molar-refractivity contribution is 0.138. The van der Waals surface area contributed by atoms with Crippen LogP contribution in [-0.4, -0.2) is 40.7 Å². The summed E-state index contributed by atoms with van der Waals surface area (Å²) in [4.78, 5) is 6.86. The van der Waals surface area contributed by atoms with E-state index in [0.717, 1.165) is 48.3 Å². The van der Waals surface area contributed by atoms with Crippen LogP contribution in [0, 0.1) is 9.49 Å². The Morgan fingerprint density at radius 1 is 1.27 bits per heavy atom. The first-order valence-corrected chi connectivity index (χ1v) is 10.3. The second-order valence-electron chi connectivity index (χ2n) is 6.67. The van der Waals surface area contributed by atoms with Crippen molar-refractivity contribution in [3.63, 3.8) is 0 Å². The summed E-state index contributed by atoms with van der Waals surface area (Å²) in [5, 5.41) is 15.0. The molecule has 2 N–H and O–H groups in total. The Labute approximate surface area is 169 Å². The normalized spacial score (nSPS) is 19.8. The molecule has 138 valence electrons. The van der Waals surface area contributed by atoms with Gasteiger partial charge in [0.05, 0.1) is 11.6 Å². The molecule has 3 rings (SSSR count). The third-order valence-corrected chi connectivity index (χ3v) is 5.42. The standard InChI is InChI=1S/C21H26IN3O/c1-3-11-25(4-2)14-15-12-17(6-8-21(15)26)24-19-9-10-23-20-13-16(22)5-7-18(19)20/h5-10,12-13,15,21,26H,3-4,11,14H2,1-2H3,(H,23,24). The molecule has 0 saturated carbocycles. The van der Waals surface area contributed by atoms with Crippen LogP contribution >= 0.6 is 22.6 Å². The highest BCUT2D eigenvalue weighted by molar-refractivity contribution is 14.1. The molecule has 2 atom stereocenters. The highest BCUT2D eigenvalue weighted by Gasteiger charge is 2.21. The third kappa shape index (κ3) is 4.64. The first-order valence-electron chi connectivity index (χ1n) is 9.22. The van der Waals surface area contributed by atoms with E-state index in [0.29, 0.717) is 0 Å². The summed E-state index contributed by atoms with van der Waals surface area (Å²) in [6.07, 6.45) is 8.54. The van der Waals surface area contributed by atoms with Gasteiger partial charge >= 0.3 is 0 Å². The van der Waals surface area contributed by atoms with Crippen molar-refractivity contribution in [2.45, 2.75) is 26.4 Å². The Kier molecular flexibility index (Phi) is 6.67. The lowest BCUT2D eigenvalue weighted by Gasteiger charge is -2.29. The van der Waals surface area contributed by atoms with Gasteiger partial charge in [-0.1, -0.05) is 26.0 Å². The van der Waals surface area contributed by atoms with Gasteiger partial charge in [-0.3, -0.25) is 4.98 Å². The van der Waals surface area contributed by atoms with Crippen molar-refractivity contribution in [1.29, 1.82) is 0 Å².